The van der Waals surface area contributed by atoms with Crippen LogP contribution >= 0.6 is 0 Å². The lowest BCUT2D eigenvalue weighted by atomic mass is 10.1. The Morgan fingerprint density at radius 2 is 1.84 bits per heavy atom. The summed E-state index contributed by atoms with van der Waals surface area (Å²) in [4.78, 5) is 36.1. The smallest absolute Gasteiger partial charge is 0.269 e. The topological polar surface area (TPSA) is 92.5 Å². The van der Waals surface area contributed by atoms with E-state index in [-0.39, 0.29) is 36.4 Å². The van der Waals surface area contributed by atoms with Gasteiger partial charge in [-0.25, -0.2) is 0 Å². The molecule has 2 aromatic rings. The molecule has 0 bridgehead atoms. The number of nitro groups is 1. The number of nitrogens with one attached hydrogen (secondary N) is 1. The second-order valence-corrected chi connectivity index (χ2v) is 5.91. The fourth-order valence-corrected chi connectivity index (χ4v) is 2.86. The van der Waals surface area contributed by atoms with Crippen molar-refractivity contribution < 1.29 is 14.5 Å². The first-order chi connectivity index (χ1) is 12.0. The van der Waals surface area contributed by atoms with E-state index in [2.05, 4.69) is 5.32 Å². The van der Waals surface area contributed by atoms with Crippen molar-refractivity contribution in [3.63, 3.8) is 0 Å². The Morgan fingerprint density at radius 3 is 2.48 bits per heavy atom. The molecule has 128 valence electrons. The molecule has 1 N–H and O–H groups in total. The average molecular weight is 339 g/mol. The summed E-state index contributed by atoms with van der Waals surface area (Å²) in [7, 11) is 0. The van der Waals surface area contributed by atoms with Crippen molar-refractivity contribution in [3.8, 4) is 0 Å². The molecule has 7 nitrogen and oxygen atoms in total. The number of nitro benzene ring substituents is 1. The maximum Gasteiger partial charge on any atom is 0.269 e. The predicted molar refractivity (Wildman–Crippen MR) is 92.1 cm³/mol. The van der Waals surface area contributed by atoms with Gasteiger partial charge in [0.15, 0.2) is 0 Å². The maximum atomic E-state index is 12.2. The number of non-ortho nitro benzene ring substituents is 1. The lowest BCUT2D eigenvalue weighted by Gasteiger charge is -2.17. The van der Waals surface area contributed by atoms with Crippen molar-refractivity contribution >= 4 is 23.2 Å². The average Bonchev–Trinajstić information content (AvgIpc) is 2.96. The molecule has 25 heavy (non-hydrogen) atoms. The number of benzene rings is 2. The molecule has 2 amide bonds. The van der Waals surface area contributed by atoms with Gasteiger partial charge in [0.1, 0.15) is 0 Å². The Kier molecular flexibility index (Phi) is 4.74. The molecular formula is C18H17N3O4. The van der Waals surface area contributed by atoms with Crippen molar-refractivity contribution in [2.45, 2.75) is 18.9 Å². The number of hydrogen-bond acceptors (Lipinski definition) is 4. The number of hydrogen-bond donors (Lipinski definition) is 1. The van der Waals surface area contributed by atoms with Crippen LogP contribution in [0.4, 0.5) is 11.4 Å². The molecule has 1 aliphatic rings. The summed E-state index contributed by atoms with van der Waals surface area (Å²) in [5.74, 6) is -0.228. The van der Waals surface area contributed by atoms with Gasteiger partial charge in [-0.2, -0.15) is 0 Å². The first-order valence-corrected chi connectivity index (χ1v) is 7.91. The monoisotopic (exact) mass is 339 g/mol. The number of amides is 2. The normalized spacial score (nSPS) is 16.7. The second-order valence-electron chi connectivity index (χ2n) is 5.91. The Balaban J connectivity index is 1.56. The molecule has 1 aliphatic heterocycles. The maximum absolute atomic E-state index is 12.2. The summed E-state index contributed by atoms with van der Waals surface area (Å²) < 4.78 is 0. The summed E-state index contributed by atoms with van der Waals surface area (Å²) >= 11 is 0. The minimum atomic E-state index is -0.480. The van der Waals surface area contributed by atoms with E-state index < -0.39 is 4.92 Å². The number of anilines is 1. The molecule has 0 radical (unpaired) electrons. The third-order valence-corrected chi connectivity index (χ3v) is 4.07. The fourth-order valence-electron chi connectivity index (χ4n) is 2.86. The van der Waals surface area contributed by atoms with Crippen LogP contribution in [0.5, 0.6) is 0 Å². The molecule has 7 heteroatoms. The highest BCUT2D eigenvalue weighted by Crippen LogP contribution is 2.21. The van der Waals surface area contributed by atoms with Crippen LogP contribution < -0.4 is 10.2 Å². The zero-order chi connectivity index (χ0) is 17.8. The summed E-state index contributed by atoms with van der Waals surface area (Å²) in [6, 6.07) is 15.0. The van der Waals surface area contributed by atoms with E-state index in [0.29, 0.717) is 12.1 Å². The van der Waals surface area contributed by atoms with Gasteiger partial charge >= 0.3 is 0 Å². The lowest BCUT2D eigenvalue weighted by Crippen LogP contribution is -2.38. The highest BCUT2D eigenvalue weighted by Gasteiger charge is 2.31. The lowest BCUT2D eigenvalue weighted by molar-refractivity contribution is -0.384. The Labute approximate surface area is 144 Å². The fraction of sp³-hybridized carbons (Fsp3) is 0.222. The van der Waals surface area contributed by atoms with Crippen molar-refractivity contribution in [2.24, 2.45) is 0 Å². The van der Waals surface area contributed by atoms with Gasteiger partial charge in [0, 0.05) is 30.8 Å². The standard InChI is InChI=1S/C18H17N3O4/c22-17(10-13-6-8-16(9-7-13)21(24)25)19-14-11-18(23)20(12-14)15-4-2-1-3-5-15/h1-9,14H,10-12H2,(H,19,22)/t14-/m1/s1. The Hall–Kier alpha value is -3.22. The van der Waals surface area contributed by atoms with Crippen molar-refractivity contribution in [2.75, 3.05) is 11.4 Å². The van der Waals surface area contributed by atoms with Crippen LogP contribution in [-0.4, -0.2) is 29.3 Å². The van der Waals surface area contributed by atoms with Gasteiger partial charge < -0.3 is 10.2 Å². The molecular weight excluding hydrogens is 322 g/mol. The van der Waals surface area contributed by atoms with Gasteiger partial charge in [0.25, 0.3) is 5.69 Å². The molecule has 1 heterocycles. The number of carbonyl (C=O) groups is 2. The third kappa shape index (κ3) is 4.00. The van der Waals surface area contributed by atoms with Crippen LogP contribution in [0.25, 0.3) is 0 Å². The van der Waals surface area contributed by atoms with Crippen LogP contribution in [0.3, 0.4) is 0 Å². The van der Waals surface area contributed by atoms with E-state index in [1.54, 1.807) is 17.0 Å². The summed E-state index contributed by atoms with van der Waals surface area (Å²) in [5, 5.41) is 13.5. The molecule has 3 rings (SSSR count). The van der Waals surface area contributed by atoms with Gasteiger partial charge in [0.05, 0.1) is 17.4 Å². The summed E-state index contributed by atoms with van der Waals surface area (Å²) in [5.41, 5.74) is 1.50. The number of carbonyl (C=O) groups excluding carboxylic acids is 2. The third-order valence-electron chi connectivity index (χ3n) is 4.07. The molecule has 0 aliphatic carbocycles. The molecule has 0 unspecified atom stereocenters. The highest BCUT2D eigenvalue weighted by molar-refractivity contribution is 5.96. The molecule has 1 fully saturated rings. The van der Waals surface area contributed by atoms with Crippen LogP contribution in [-0.2, 0) is 16.0 Å². The number of para-hydroxylation sites is 1. The molecule has 2 aromatic carbocycles. The van der Waals surface area contributed by atoms with E-state index >= 15 is 0 Å². The van der Waals surface area contributed by atoms with Gasteiger partial charge in [-0.1, -0.05) is 30.3 Å². The van der Waals surface area contributed by atoms with Crippen molar-refractivity contribution in [3.05, 3.63) is 70.3 Å². The predicted octanol–water partition coefficient (Wildman–Crippen LogP) is 2.06. The number of rotatable bonds is 5. The molecule has 0 spiro atoms. The van der Waals surface area contributed by atoms with Gasteiger partial charge in [-0.3, -0.25) is 19.7 Å². The van der Waals surface area contributed by atoms with Crippen LogP contribution in [0.1, 0.15) is 12.0 Å². The van der Waals surface area contributed by atoms with E-state index in [1.807, 2.05) is 30.3 Å². The molecule has 1 atom stereocenters. The SMILES string of the molecule is O=C(Cc1ccc([N+](=O)[O-])cc1)N[C@@H]1CC(=O)N(c2ccccc2)C1. The first kappa shape index (κ1) is 16.6. The minimum absolute atomic E-state index is 0.0101. The summed E-state index contributed by atoms with van der Waals surface area (Å²) in [6.07, 6.45) is 0.384. The number of nitrogens with zero attached hydrogens (tertiary/aromatic N) is 2. The second kappa shape index (κ2) is 7.12. The van der Waals surface area contributed by atoms with E-state index in [9.17, 15) is 19.7 Å². The molecule has 1 saturated heterocycles. The van der Waals surface area contributed by atoms with Crippen molar-refractivity contribution in [1.29, 1.82) is 0 Å². The molecule has 0 aromatic heterocycles. The quantitative estimate of drug-likeness (QED) is 0.666. The largest absolute Gasteiger partial charge is 0.351 e. The van der Waals surface area contributed by atoms with Crippen LogP contribution in [0, 0.1) is 10.1 Å². The van der Waals surface area contributed by atoms with Crippen LogP contribution in [0.15, 0.2) is 54.6 Å². The highest BCUT2D eigenvalue weighted by atomic mass is 16.6. The zero-order valence-corrected chi connectivity index (χ0v) is 13.4. The van der Waals surface area contributed by atoms with Gasteiger partial charge in [0.2, 0.25) is 11.8 Å². The van der Waals surface area contributed by atoms with Gasteiger partial charge in [-0.05, 0) is 17.7 Å². The first-order valence-electron chi connectivity index (χ1n) is 7.91. The van der Waals surface area contributed by atoms with Crippen LogP contribution in [0.2, 0.25) is 0 Å². The minimum Gasteiger partial charge on any atom is -0.351 e. The zero-order valence-electron chi connectivity index (χ0n) is 13.4. The Bertz CT molecular complexity index is 790. The summed E-state index contributed by atoms with van der Waals surface area (Å²) in [6.45, 7) is 0.439. The van der Waals surface area contributed by atoms with Gasteiger partial charge in [-0.15, -0.1) is 0 Å². The Morgan fingerprint density at radius 1 is 1.16 bits per heavy atom. The molecule has 0 saturated carbocycles. The van der Waals surface area contributed by atoms with E-state index in [1.165, 1.54) is 12.1 Å². The van der Waals surface area contributed by atoms with Crippen molar-refractivity contribution in [1.82, 2.24) is 5.32 Å². The van der Waals surface area contributed by atoms with E-state index in [0.717, 1.165) is 5.69 Å². The van der Waals surface area contributed by atoms with E-state index in [4.69, 9.17) is 0 Å².